The molecule has 0 radical (unpaired) electrons. The van der Waals surface area contributed by atoms with Gasteiger partial charge in [0.25, 0.3) is 5.91 Å². The van der Waals surface area contributed by atoms with E-state index >= 15 is 0 Å². The summed E-state index contributed by atoms with van der Waals surface area (Å²) < 4.78 is 42.9. The minimum atomic E-state index is -3.79. The lowest BCUT2D eigenvalue weighted by molar-refractivity contribution is 0.0955. The molecule has 2 heterocycles. The van der Waals surface area contributed by atoms with Crippen LogP contribution >= 0.6 is 0 Å². The Morgan fingerprint density at radius 1 is 1.13 bits per heavy atom. The fourth-order valence-electron chi connectivity index (χ4n) is 3.32. The maximum atomic E-state index is 13.6. The minimum absolute atomic E-state index is 0.00637. The summed E-state index contributed by atoms with van der Waals surface area (Å²) in [5, 5.41) is 2.72. The first-order valence-corrected chi connectivity index (χ1v) is 10.6. The third-order valence-electron chi connectivity index (χ3n) is 4.91. The number of nitrogens with zero attached hydrogens (tertiary/aromatic N) is 4. The molecule has 2 aromatic carbocycles. The van der Waals surface area contributed by atoms with Crippen LogP contribution < -0.4 is 13.9 Å². The van der Waals surface area contributed by atoms with Crippen molar-refractivity contribution >= 4 is 27.5 Å². The van der Waals surface area contributed by atoms with Crippen LogP contribution in [0.1, 0.15) is 15.9 Å². The van der Waals surface area contributed by atoms with Crippen molar-refractivity contribution in [3.8, 4) is 0 Å². The van der Waals surface area contributed by atoms with Gasteiger partial charge in [-0.1, -0.05) is 12.1 Å². The summed E-state index contributed by atoms with van der Waals surface area (Å²) in [5.74, 6) is -0.835. The highest BCUT2D eigenvalue weighted by molar-refractivity contribution is 7.94. The van der Waals surface area contributed by atoms with E-state index in [0.717, 1.165) is 14.2 Å². The maximum Gasteiger partial charge on any atom is 0.326 e. The zero-order chi connectivity index (χ0) is 21.3. The van der Waals surface area contributed by atoms with Gasteiger partial charge in [-0.15, -0.1) is 0 Å². The standard InChI is InChI=1S/C20H20FN5O3S/c1-24-18-7-6-17(21)12-19(18)26(30(24,28)29)11-9-23-20(27)16-4-2-15(3-5-16)13-25-10-8-22-14-25/h2-8,10,12,14H,9,11,13H2,1H3,(H,23,27). The Morgan fingerprint density at radius 3 is 2.60 bits per heavy atom. The molecule has 1 aromatic heterocycles. The Labute approximate surface area is 173 Å². The van der Waals surface area contributed by atoms with E-state index in [1.165, 1.54) is 25.2 Å². The normalized spacial score (nSPS) is 14.6. The molecule has 10 heteroatoms. The van der Waals surface area contributed by atoms with E-state index in [2.05, 4.69) is 10.3 Å². The lowest BCUT2D eigenvalue weighted by Gasteiger charge is -2.19. The van der Waals surface area contributed by atoms with Gasteiger partial charge in [0.2, 0.25) is 0 Å². The second-order valence-electron chi connectivity index (χ2n) is 6.87. The number of aromatic nitrogens is 2. The highest BCUT2D eigenvalue weighted by atomic mass is 32.2. The van der Waals surface area contributed by atoms with Gasteiger partial charge in [0.15, 0.2) is 0 Å². The van der Waals surface area contributed by atoms with Crippen LogP contribution in [0.25, 0.3) is 0 Å². The number of carbonyl (C=O) groups excluding carboxylic acids is 1. The van der Waals surface area contributed by atoms with E-state index in [1.54, 1.807) is 24.7 Å². The van der Waals surface area contributed by atoms with E-state index in [1.807, 2.05) is 22.9 Å². The van der Waals surface area contributed by atoms with E-state index < -0.39 is 16.0 Å². The third-order valence-corrected chi connectivity index (χ3v) is 6.74. The number of benzene rings is 2. The molecule has 0 spiro atoms. The fraction of sp³-hybridized carbons (Fsp3) is 0.200. The number of hydrogen-bond donors (Lipinski definition) is 1. The topological polar surface area (TPSA) is 87.5 Å². The number of amides is 1. The molecule has 0 bridgehead atoms. The Hall–Kier alpha value is -3.40. The zero-order valence-electron chi connectivity index (χ0n) is 16.2. The average Bonchev–Trinajstić information content (AvgIpc) is 3.29. The molecule has 0 saturated heterocycles. The van der Waals surface area contributed by atoms with Gasteiger partial charge in [0, 0.05) is 44.2 Å². The number of fused-ring (bicyclic) bond motifs is 1. The van der Waals surface area contributed by atoms with Gasteiger partial charge < -0.3 is 9.88 Å². The number of imidazole rings is 1. The number of anilines is 2. The summed E-state index contributed by atoms with van der Waals surface area (Å²) in [7, 11) is -2.38. The van der Waals surface area contributed by atoms with Crippen molar-refractivity contribution in [2.45, 2.75) is 6.54 Å². The molecule has 0 unspecified atom stereocenters. The van der Waals surface area contributed by atoms with Crippen molar-refractivity contribution in [3.05, 3.63) is 78.1 Å². The first kappa shape index (κ1) is 19.9. The molecule has 1 amide bonds. The van der Waals surface area contributed by atoms with Crippen molar-refractivity contribution < 1.29 is 17.6 Å². The Balaban J connectivity index is 1.38. The van der Waals surface area contributed by atoms with Gasteiger partial charge in [-0.05, 0) is 29.8 Å². The van der Waals surface area contributed by atoms with Gasteiger partial charge in [-0.3, -0.25) is 9.10 Å². The molecule has 1 aliphatic heterocycles. The Kier molecular flexibility index (Phi) is 5.17. The van der Waals surface area contributed by atoms with E-state index in [0.29, 0.717) is 17.8 Å². The molecule has 0 fully saturated rings. The number of rotatable bonds is 6. The highest BCUT2D eigenvalue weighted by Gasteiger charge is 2.37. The highest BCUT2D eigenvalue weighted by Crippen LogP contribution is 2.39. The van der Waals surface area contributed by atoms with Crippen LogP contribution in [0.5, 0.6) is 0 Å². The first-order valence-electron chi connectivity index (χ1n) is 9.25. The van der Waals surface area contributed by atoms with Crippen molar-refractivity contribution in [2.24, 2.45) is 0 Å². The van der Waals surface area contributed by atoms with Crippen LogP contribution in [0.3, 0.4) is 0 Å². The third kappa shape index (κ3) is 3.73. The summed E-state index contributed by atoms with van der Waals surface area (Å²) >= 11 is 0. The van der Waals surface area contributed by atoms with Gasteiger partial charge in [0.05, 0.1) is 24.2 Å². The zero-order valence-corrected chi connectivity index (χ0v) is 17.0. The van der Waals surface area contributed by atoms with Crippen LogP contribution in [-0.2, 0) is 16.8 Å². The van der Waals surface area contributed by atoms with Gasteiger partial charge in [-0.2, -0.15) is 8.42 Å². The molecule has 1 aliphatic rings. The Bertz CT molecular complexity index is 1160. The number of nitrogens with one attached hydrogen (secondary N) is 1. The lowest BCUT2D eigenvalue weighted by Crippen LogP contribution is -2.40. The quantitative estimate of drug-likeness (QED) is 0.649. The van der Waals surface area contributed by atoms with E-state index in [9.17, 15) is 17.6 Å². The SMILES string of the molecule is CN1c2ccc(F)cc2N(CCNC(=O)c2ccc(Cn3ccnc3)cc2)S1(=O)=O. The summed E-state index contributed by atoms with van der Waals surface area (Å²) in [4.78, 5) is 16.4. The predicted octanol–water partition coefficient (Wildman–Crippen LogP) is 2.00. The summed E-state index contributed by atoms with van der Waals surface area (Å²) in [6, 6.07) is 11.0. The molecule has 8 nitrogen and oxygen atoms in total. The number of halogens is 1. The predicted molar refractivity (Wildman–Crippen MR) is 111 cm³/mol. The smallest absolute Gasteiger partial charge is 0.326 e. The number of carbonyl (C=O) groups is 1. The summed E-state index contributed by atoms with van der Waals surface area (Å²) in [6.07, 6.45) is 5.27. The molecule has 1 N–H and O–H groups in total. The van der Waals surface area contributed by atoms with Crippen molar-refractivity contribution in [2.75, 3.05) is 28.7 Å². The molecule has 0 saturated carbocycles. The summed E-state index contributed by atoms with van der Waals surface area (Å²) in [6.45, 7) is 0.727. The van der Waals surface area contributed by atoms with E-state index in [-0.39, 0.29) is 24.7 Å². The van der Waals surface area contributed by atoms with Gasteiger partial charge in [0.1, 0.15) is 5.82 Å². The van der Waals surface area contributed by atoms with Gasteiger partial charge >= 0.3 is 10.2 Å². The molecule has 3 aromatic rings. The van der Waals surface area contributed by atoms with Crippen LogP contribution in [0.2, 0.25) is 0 Å². The second kappa shape index (κ2) is 7.79. The van der Waals surface area contributed by atoms with Gasteiger partial charge in [-0.25, -0.2) is 13.7 Å². The maximum absolute atomic E-state index is 13.6. The van der Waals surface area contributed by atoms with E-state index in [4.69, 9.17) is 0 Å². The van der Waals surface area contributed by atoms with Crippen LogP contribution in [0, 0.1) is 5.82 Å². The fourth-order valence-corrected chi connectivity index (χ4v) is 4.74. The first-order chi connectivity index (χ1) is 14.4. The second-order valence-corrected chi connectivity index (χ2v) is 8.75. The van der Waals surface area contributed by atoms with Crippen molar-refractivity contribution in [1.29, 1.82) is 0 Å². The molecular formula is C20H20FN5O3S. The Morgan fingerprint density at radius 2 is 1.90 bits per heavy atom. The van der Waals surface area contributed by atoms with Crippen molar-refractivity contribution in [3.63, 3.8) is 0 Å². The monoisotopic (exact) mass is 429 g/mol. The molecule has 4 rings (SSSR count). The number of hydrogen-bond acceptors (Lipinski definition) is 4. The lowest BCUT2D eigenvalue weighted by atomic mass is 10.1. The van der Waals surface area contributed by atoms with Crippen LogP contribution in [0.15, 0.2) is 61.2 Å². The minimum Gasteiger partial charge on any atom is -0.350 e. The molecule has 30 heavy (non-hydrogen) atoms. The van der Waals surface area contributed by atoms with Crippen LogP contribution in [-0.4, -0.2) is 44.0 Å². The largest absolute Gasteiger partial charge is 0.350 e. The van der Waals surface area contributed by atoms with Crippen molar-refractivity contribution in [1.82, 2.24) is 14.9 Å². The molecule has 156 valence electrons. The molecule has 0 atom stereocenters. The molecular weight excluding hydrogens is 409 g/mol. The average molecular weight is 429 g/mol. The van der Waals surface area contributed by atoms with Crippen LogP contribution in [0.4, 0.5) is 15.8 Å². The summed E-state index contributed by atoms with van der Waals surface area (Å²) in [5.41, 5.74) is 2.15. The molecule has 0 aliphatic carbocycles.